The van der Waals surface area contributed by atoms with E-state index in [1.165, 1.54) is 12.8 Å². The number of hydrogen-bond donors (Lipinski definition) is 0. The zero-order valence-electron chi connectivity index (χ0n) is 15.6. The van der Waals surface area contributed by atoms with Crippen molar-refractivity contribution in [3.8, 4) is 0 Å². The van der Waals surface area contributed by atoms with Crippen molar-refractivity contribution in [1.29, 1.82) is 0 Å². The Morgan fingerprint density at radius 2 is 1.81 bits per heavy atom. The van der Waals surface area contributed by atoms with Gasteiger partial charge in [0.1, 0.15) is 5.82 Å². The molecule has 0 bridgehead atoms. The first-order valence-electron chi connectivity index (χ1n) is 10.0. The molecule has 0 aromatic carbocycles. The maximum absolute atomic E-state index is 4.87. The van der Waals surface area contributed by atoms with Gasteiger partial charge in [0.15, 0.2) is 11.5 Å². The van der Waals surface area contributed by atoms with E-state index >= 15 is 0 Å². The molecular formula is C19H26N8. The van der Waals surface area contributed by atoms with Crippen molar-refractivity contribution in [2.75, 3.05) is 37.6 Å². The second-order valence-electron chi connectivity index (χ2n) is 7.60. The molecule has 8 heteroatoms. The van der Waals surface area contributed by atoms with Crippen molar-refractivity contribution in [3.05, 3.63) is 36.4 Å². The van der Waals surface area contributed by atoms with Crippen LogP contribution in [0.4, 0.5) is 5.82 Å². The monoisotopic (exact) mass is 366 g/mol. The first-order chi connectivity index (χ1) is 13.4. The lowest BCUT2D eigenvalue weighted by Gasteiger charge is -2.30. The van der Waals surface area contributed by atoms with Gasteiger partial charge in [0, 0.05) is 37.9 Å². The highest BCUT2D eigenvalue weighted by Crippen LogP contribution is 2.27. The van der Waals surface area contributed by atoms with E-state index in [1.54, 1.807) is 0 Å². The van der Waals surface area contributed by atoms with Gasteiger partial charge in [-0.05, 0) is 57.0 Å². The molecule has 0 radical (unpaired) electrons. The second-order valence-corrected chi connectivity index (χ2v) is 7.60. The Hall–Kier alpha value is -2.48. The van der Waals surface area contributed by atoms with Crippen LogP contribution in [0.3, 0.4) is 0 Å². The molecule has 0 aliphatic carbocycles. The lowest BCUT2D eigenvalue weighted by atomic mass is 9.96. The van der Waals surface area contributed by atoms with Crippen LogP contribution in [-0.4, -0.2) is 67.2 Å². The Morgan fingerprint density at radius 3 is 2.59 bits per heavy atom. The summed E-state index contributed by atoms with van der Waals surface area (Å²) in [7, 11) is 0. The second kappa shape index (κ2) is 7.26. The molecule has 0 N–H and O–H groups in total. The Balaban J connectivity index is 1.26. The fraction of sp³-hybridized carbons (Fsp3) is 0.579. The van der Waals surface area contributed by atoms with E-state index in [1.807, 2.05) is 27.7 Å². The van der Waals surface area contributed by atoms with Crippen molar-refractivity contribution in [2.45, 2.75) is 38.1 Å². The summed E-state index contributed by atoms with van der Waals surface area (Å²) in [5.74, 6) is 2.51. The summed E-state index contributed by atoms with van der Waals surface area (Å²) in [5.41, 5.74) is 0.856. The van der Waals surface area contributed by atoms with Crippen LogP contribution in [0.15, 0.2) is 30.6 Å². The summed E-state index contributed by atoms with van der Waals surface area (Å²) in [6.45, 7) is 6.38. The van der Waals surface area contributed by atoms with Gasteiger partial charge in [-0.2, -0.15) is 9.61 Å². The molecule has 0 saturated carbocycles. The predicted octanol–water partition coefficient (Wildman–Crippen LogP) is 1.80. The summed E-state index contributed by atoms with van der Waals surface area (Å²) >= 11 is 0. The number of piperidine rings is 1. The minimum Gasteiger partial charge on any atom is -0.355 e. The molecule has 142 valence electrons. The molecule has 5 heterocycles. The van der Waals surface area contributed by atoms with Gasteiger partial charge in [0.05, 0.1) is 6.54 Å². The van der Waals surface area contributed by atoms with Gasteiger partial charge in [0.25, 0.3) is 0 Å². The maximum Gasteiger partial charge on any atom is 0.178 e. The Labute approximate surface area is 158 Å². The van der Waals surface area contributed by atoms with E-state index in [-0.39, 0.29) is 0 Å². The third-order valence-electron chi connectivity index (χ3n) is 5.86. The molecule has 3 aromatic rings. The summed E-state index contributed by atoms with van der Waals surface area (Å²) in [4.78, 5) is 4.88. The van der Waals surface area contributed by atoms with E-state index in [0.717, 1.165) is 69.4 Å². The molecule has 2 saturated heterocycles. The highest BCUT2D eigenvalue weighted by atomic mass is 15.4. The maximum atomic E-state index is 4.87. The standard InChI is InChI=1S/C19H26N8/c1-2-10-25(9-1)18-5-4-17-21-22-19(27(17)23-18)16-6-12-24(13-7-16)14-15-26-11-3-8-20-26/h3-5,8,11,16H,1-2,6-7,9-10,12-15H2. The fourth-order valence-corrected chi connectivity index (χ4v) is 4.26. The first-order valence-corrected chi connectivity index (χ1v) is 10.0. The summed E-state index contributed by atoms with van der Waals surface area (Å²) in [6, 6.07) is 6.11. The van der Waals surface area contributed by atoms with E-state index < -0.39 is 0 Å². The number of fused-ring (bicyclic) bond motifs is 1. The third kappa shape index (κ3) is 3.41. The van der Waals surface area contributed by atoms with Crippen molar-refractivity contribution in [3.63, 3.8) is 0 Å². The first kappa shape index (κ1) is 16.7. The number of anilines is 1. The third-order valence-corrected chi connectivity index (χ3v) is 5.86. The number of likely N-dealkylation sites (tertiary alicyclic amines) is 1. The van der Waals surface area contributed by atoms with Crippen molar-refractivity contribution < 1.29 is 0 Å². The van der Waals surface area contributed by atoms with Crippen LogP contribution in [-0.2, 0) is 6.54 Å². The van der Waals surface area contributed by atoms with Crippen molar-refractivity contribution in [2.24, 2.45) is 0 Å². The van der Waals surface area contributed by atoms with Gasteiger partial charge >= 0.3 is 0 Å². The topological polar surface area (TPSA) is 67.4 Å². The van der Waals surface area contributed by atoms with Crippen molar-refractivity contribution >= 4 is 11.5 Å². The van der Waals surface area contributed by atoms with E-state index in [9.17, 15) is 0 Å². The van der Waals surface area contributed by atoms with E-state index in [2.05, 4.69) is 37.2 Å². The van der Waals surface area contributed by atoms with Crippen LogP contribution in [0, 0.1) is 0 Å². The number of aromatic nitrogens is 6. The number of nitrogens with zero attached hydrogens (tertiary/aromatic N) is 8. The lowest BCUT2D eigenvalue weighted by molar-refractivity contribution is 0.199. The SMILES string of the molecule is c1cnn(CCN2CCC(c3nnc4ccc(N5CCCC5)nn34)CC2)c1. The molecule has 5 rings (SSSR count). The molecule has 2 fully saturated rings. The van der Waals surface area contributed by atoms with Crippen LogP contribution in [0.2, 0.25) is 0 Å². The Kier molecular flexibility index (Phi) is 4.49. The number of hydrogen-bond acceptors (Lipinski definition) is 6. The fourth-order valence-electron chi connectivity index (χ4n) is 4.26. The molecule has 3 aromatic heterocycles. The van der Waals surface area contributed by atoms with Gasteiger partial charge in [-0.1, -0.05) is 0 Å². The highest BCUT2D eigenvalue weighted by Gasteiger charge is 2.25. The van der Waals surface area contributed by atoms with Gasteiger partial charge < -0.3 is 9.80 Å². The van der Waals surface area contributed by atoms with E-state index in [0.29, 0.717) is 5.92 Å². The molecule has 0 spiro atoms. The molecule has 8 nitrogen and oxygen atoms in total. The molecule has 0 unspecified atom stereocenters. The zero-order valence-corrected chi connectivity index (χ0v) is 15.6. The lowest BCUT2D eigenvalue weighted by Crippen LogP contribution is -2.35. The van der Waals surface area contributed by atoms with Crippen LogP contribution in [0.25, 0.3) is 5.65 Å². The van der Waals surface area contributed by atoms with Crippen molar-refractivity contribution in [1.82, 2.24) is 34.5 Å². The van der Waals surface area contributed by atoms with E-state index in [4.69, 9.17) is 5.10 Å². The van der Waals surface area contributed by atoms with Crippen LogP contribution < -0.4 is 4.90 Å². The average Bonchev–Trinajstić information content (AvgIpc) is 3.48. The predicted molar refractivity (Wildman–Crippen MR) is 103 cm³/mol. The quantitative estimate of drug-likeness (QED) is 0.686. The Bertz CT molecular complexity index is 872. The van der Waals surface area contributed by atoms with Gasteiger partial charge in [-0.25, -0.2) is 0 Å². The van der Waals surface area contributed by atoms with Gasteiger partial charge in [0.2, 0.25) is 0 Å². The molecule has 2 aliphatic rings. The van der Waals surface area contributed by atoms with Gasteiger partial charge in [-0.15, -0.1) is 15.3 Å². The minimum absolute atomic E-state index is 0.433. The smallest absolute Gasteiger partial charge is 0.178 e. The largest absolute Gasteiger partial charge is 0.355 e. The van der Waals surface area contributed by atoms with Gasteiger partial charge in [-0.3, -0.25) is 4.68 Å². The molecule has 2 aliphatic heterocycles. The molecular weight excluding hydrogens is 340 g/mol. The highest BCUT2D eigenvalue weighted by molar-refractivity contribution is 5.46. The summed E-state index contributed by atoms with van der Waals surface area (Å²) < 4.78 is 3.99. The van der Waals surface area contributed by atoms with Crippen LogP contribution in [0.5, 0.6) is 0 Å². The number of rotatable bonds is 5. The molecule has 0 atom stereocenters. The summed E-state index contributed by atoms with van der Waals surface area (Å²) in [6.07, 6.45) is 8.59. The molecule has 27 heavy (non-hydrogen) atoms. The van der Waals surface area contributed by atoms with Crippen LogP contribution in [0.1, 0.15) is 37.4 Å². The normalized spacial score (nSPS) is 19.3. The van der Waals surface area contributed by atoms with Crippen LogP contribution >= 0.6 is 0 Å². The Morgan fingerprint density at radius 1 is 0.963 bits per heavy atom. The zero-order chi connectivity index (χ0) is 18.1. The minimum atomic E-state index is 0.433. The average molecular weight is 366 g/mol. The summed E-state index contributed by atoms with van der Waals surface area (Å²) in [5, 5.41) is 18.0. The molecule has 0 amide bonds.